The summed E-state index contributed by atoms with van der Waals surface area (Å²) in [5.74, 6) is -1.13. The Kier molecular flexibility index (Phi) is 6.58. The van der Waals surface area contributed by atoms with E-state index in [2.05, 4.69) is 15.5 Å². The number of nitro groups is 1. The number of rotatable bonds is 8. The minimum atomic E-state index is -0.952. The number of H-pyrrole nitrogens is 1. The molecule has 0 radical (unpaired) electrons. The Balaban J connectivity index is 1.86. The number of carbonyl (C=O) groups is 2. The predicted molar refractivity (Wildman–Crippen MR) is 111 cm³/mol. The molecule has 0 spiro atoms. The van der Waals surface area contributed by atoms with E-state index in [1.165, 1.54) is 29.5 Å². The molecule has 3 aromatic rings. The number of aromatic amines is 1. The topological polar surface area (TPSA) is 127 Å². The van der Waals surface area contributed by atoms with Gasteiger partial charge < -0.3 is 10.1 Å². The lowest BCUT2D eigenvalue weighted by molar-refractivity contribution is -0.385. The van der Waals surface area contributed by atoms with Crippen molar-refractivity contribution < 1.29 is 19.2 Å². The van der Waals surface area contributed by atoms with Crippen molar-refractivity contribution in [1.29, 1.82) is 0 Å². The second-order valence-corrected chi connectivity index (χ2v) is 7.68. The number of carbonyl (C=O) groups excluding carboxylic acids is 2. The molecule has 156 valence electrons. The zero-order valence-electron chi connectivity index (χ0n) is 16.3. The van der Waals surface area contributed by atoms with Crippen molar-refractivity contribution in [2.75, 3.05) is 0 Å². The Morgan fingerprint density at radius 2 is 2.03 bits per heavy atom. The van der Waals surface area contributed by atoms with Crippen molar-refractivity contribution in [2.45, 2.75) is 32.4 Å². The van der Waals surface area contributed by atoms with Crippen molar-refractivity contribution >= 4 is 28.9 Å². The maximum Gasteiger partial charge on any atom is 0.308 e. The zero-order chi connectivity index (χ0) is 21.7. The van der Waals surface area contributed by atoms with E-state index in [1.807, 2.05) is 17.5 Å². The van der Waals surface area contributed by atoms with Crippen molar-refractivity contribution in [1.82, 2.24) is 15.5 Å². The van der Waals surface area contributed by atoms with Gasteiger partial charge in [-0.15, -0.1) is 11.3 Å². The number of hydrogen-bond donors (Lipinski definition) is 2. The fourth-order valence-corrected chi connectivity index (χ4v) is 3.59. The number of benzene rings is 1. The average molecular weight is 428 g/mol. The van der Waals surface area contributed by atoms with E-state index in [0.717, 1.165) is 4.88 Å². The van der Waals surface area contributed by atoms with Gasteiger partial charge in [0, 0.05) is 6.07 Å². The zero-order valence-corrected chi connectivity index (χ0v) is 17.1. The molecule has 2 aromatic heterocycles. The predicted octanol–water partition coefficient (Wildman–Crippen LogP) is 3.86. The van der Waals surface area contributed by atoms with E-state index in [1.54, 1.807) is 26.0 Å². The number of aromatic nitrogens is 2. The quantitative estimate of drug-likeness (QED) is 0.319. The number of nitrogens with one attached hydrogen (secondary N) is 2. The summed E-state index contributed by atoms with van der Waals surface area (Å²) in [6.45, 7) is 3.40. The summed E-state index contributed by atoms with van der Waals surface area (Å²) >= 11 is 1.49. The van der Waals surface area contributed by atoms with Gasteiger partial charge in [-0.2, -0.15) is 5.10 Å². The molecule has 0 aliphatic carbocycles. The first-order valence-electron chi connectivity index (χ1n) is 9.18. The van der Waals surface area contributed by atoms with Crippen LogP contribution in [0.15, 0.2) is 47.8 Å². The normalized spacial score (nSPS) is 11.8. The summed E-state index contributed by atoms with van der Waals surface area (Å²) in [5.41, 5.74) is 0.808. The Bertz CT molecular complexity index is 1050. The molecule has 2 N–H and O–H groups in total. The molecule has 0 bridgehead atoms. The van der Waals surface area contributed by atoms with Crippen molar-refractivity contribution in [3.63, 3.8) is 0 Å². The first kappa shape index (κ1) is 21.2. The summed E-state index contributed by atoms with van der Waals surface area (Å²) in [5, 5.41) is 22.9. The van der Waals surface area contributed by atoms with Crippen LogP contribution >= 0.6 is 11.3 Å². The first-order chi connectivity index (χ1) is 14.3. The highest BCUT2D eigenvalue weighted by Gasteiger charge is 2.27. The van der Waals surface area contributed by atoms with Gasteiger partial charge in [0.1, 0.15) is 0 Å². The lowest BCUT2D eigenvalue weighted by atomic mass is 10.0. The van der Waals surface area contributed by atoms with Crippen molar-refractivity contribution in [3.05, 3.63) is 69.2 Å². The summed E-state index contributed by atoms with van der Waals surface area (Å²) in [4.78, 5) is 36.8. The lowest BCUT2D eigenvalue weighted by Gasteiger charge is -2.19. The van der Waals surface area contributed by atoms with Gasteiger partial charge in [-0.25, -0.2) is 0 Å². The van der Waals surface area contributed by atoms with E-state index >= 15 is 0 Å². The van der Waals surface area contributed by atoms with Crippen LogP contribution in [0.1, 0.15) is 42.4 Å². The van der Waals surface area contributed by atoms with Crippen LogP contribution in [0.4, 0.5) is 5.69 Å². The third-order valence-electron chi connectivity index (χ3n) is 4.15. The number of nitro benzene ring substituents is 1. The minimum Gasteiger partial charge on any atom is -0.463 e. The van der Waals surface area contributed by atoms with E-state index < -0.39 is 22.8 Å². The van der Waals surface area contributed by atoms with Gasteiger partial charge in [-0.05, 0) is 31.4 Å². The van der Waals surface area contributed by atoms with Crippen molar-refractivity contribution in [3.8, 4) is 10.6 Å². The molecule has 30 heavy (non-hydrogen) atoms. The molecular weight excluding hydrogens is 408 g/mol. The van der Waals surface area contributed by atoms with Gasteiger partial charge in [0.25, 0.3) is 11.6 Å². The van der Waals surface area contributed by atoms with Gasteiger partial charge >= 0.3 is 5.97 Å². The van der Waals surface area contributed by atoms with E-state index in [4.69, 9.17) is 4.74 Å². The highest BCUT2D eigenvalue weighted by atomic mass is 32.1. The summed E-state index contributed by atoms with van der Waals surface area (Å²) in [6.07, 6.45) is -0.601. The van der Waals surface area contributed by atoms with Crippen LogP contribution in [-0.4, -0.2) is 33.1 Å². The Morgan fingerprint density at radius 1 is 1.27 bits per heavy atom. The van der Waals surface area contributed by atoms with Gasteiger partial charge in [-0.1, -0.05) is 24.3 Å². The molecule has 0 aliphatic heterocycles. The molecule has 0 aliphatic rings. The van der Waals surface area contributed by atoms with Gasteiger partial charge in [0.2, 0.25) is 0 Å². The number of nitrogens with zero attached hydrogens (tertiary/aromatic N) is 2. The monoisotopic (exact) mass is 428 g/mol. The van der Waals surface area contributed by atoms with Gasteiger partial charge in [0.15, 0.2) is 5.69 Å². The first-order valence-corrected chi connectivity index (χ1v) is 10.1. The summed E-state index contributed by atoms with van der Waals surface area (Å²) in [6, 6.07) is 10.4. The Labute approximate surface area is 176 Å². The van der Waals surface area contributed by atoms with Crippen molar-refractivity contribution in [2.24, 2.45) is 0 Å². The minimum absolute atomic E-state index is 0.110. The van der Waals surface area contributed by atoms with Crippen LogP contribution in [-0.2, 0) is 9.53 Å². The van der Waals surface area contributed by atoms with Gasteiger partial charge in [0.05, 0.1) is 39.6 Å². The second-order valence-electron chi connectivity index (χ2n) is 6.73. The highest BCUT2D eigenvalue weighted by Crippen LogP contribution is 2.28. The molecule has 0 saturated heterocycles. The molecule has 10 heteroatoms. The van der Waals surface area contributed by atoms with Crippen LogP contribution in [0, 0.1) is 10.1 Å². The fraction of sp³-hybridized carbons (Fsp3) is 0.250. The Morgan fingerprint density at radius 3 is 2.70 bits per heavy atom. The van der Waals surface area contributed by atoms with Crippen LogP contribution in [0.25, 0.3) is 10.6 Å². The Hall–Kier alpha value is -3.53. The van der Waals surface area contributed by atoms with E-state index in [-0.39, 0.29) is 29.5 Å². The molecule has 0 saturated carbocycles. The lowest BCUT2D eigenvalue weighted by Crippen LogP contribution is -2.31. The number of amides is 1. The van der Waals surface area contributed by atoms with Crippen LogP contribution in [0.5, 0.6) is 0 Å². The SMILES string of the molecule is CC(C)OC(=O)CC(NC(=O)c1cc(-c2cccs2)[nH]n1)c1ccccc1[N+](=O)[O-]. The molecule has 1 amide bonds. The summed E-state index contributed by atoms with van der Waals surface area (Å²) in [7, 11) is 0. The fourth-order valence-electron chi connectivity index (χ4n) is 2.89. The van der Waals surface area contributed by atoms with E-state index in [0.29, 0.717) is 5.69 Å². The highest BCUT2D eigenvalue weighted by molar-refractivity contribution is 7.13. The van der Waals surface area contributed by atoms with Crippen LogP contribution < -0.4 is 5.32 Å². The molecule has 1 aromatic carbocycles. The average Bonchev–Trinajstić information content (AvgIpc) is 3.38. The van der Waals surface area contributed by atoms with Crippen LogP contribution in [0.2, 0.25) is 0 Å². The molecule has 2 heterocycles. The van der Waals surface area contributed by atoms with Gasteiger partial charge in [-0.3, -0.25) is 24.8 Å². The second kappa shape index (κ2) is 9.31. The maximum atomic E-state index is 12.8. The smallest absolute Gasteiger partial charge is 0.308 e. The number of hydrogen-bond acceptors (Lipinski definition) is 7. The molecule has 0 fully saturated rings. The number of para-hydroxylation sites is 1. The third kappa shape index (κ3) is 5.09. The molecule has 9 nitrogen and oxygen atoms in total. The summed E-state index contributed by atoms with van der Waals surface area (Å²) < 4.78 is 5.16. The maximum absolute atomic E-state index is 12.8. The molecular formula is C20H20N4O5S. The molecule has 1 unspecified atom stereocenters. The standard InChI is InChI=1S/C20H20N4O5S/c1-12(2)29-19(25)11-14(13-6-3-4-7-17(13)24(27)28)21-20(26)16-10-15(22-23-16)18-8-5-9-30-18/h3-10,12,14H,11H2,1-2H3,(H,21,26)(H,22,23). The van der Waals surface area contributed by atoms with Crippen LogP contribution in [0.3, 0.4) is 0 Å². The number of esters is 1. The van der Waals surface area contributed by atoms with E-state index in [9.17, 15) is 19.7 Å². The molecule has 1 atom stereocenters. The third-order valence-corrected chi connectivity index (χ3v) is 5.05. The number of ether oxygens (including phenoxy) is 1. The largest absolute Gasteiger partial charge is 0.463 e. The molecule has 3 rings (SSSR count). The number of thiophene rings is 1.